The van der Waals surface area contributed by atoms with Gasteiger partial charge in [0, 0.05) is 0 Å². The largest absolute Gasteiger partial charge is 0.493 e. The molecular formula is C16H21NO8. The van der Waals surface area contributed by atoms with Gasteiger partial charge in [0.2, 0.25) is 5.75 Å². The van der Waals surface area contributed by atoms with Gasteiger partial charge in [-0.05, 0) is 26.0 Å². The fourth-order valence-corrected chi connectivity index (χ4v) is 1.79. The zero-order chi connectivity index (χ0) is 19.0. The number of carbonyl (C=O) groups excluding carboxylic acids is 3. The number of hydrogen-bond donors (Lipinski definition) is 1. The number of benzene rings is 1. The Morgan fingerprint density at radius 3 is 2.04 bits per heavy atom. The highest BCUT2D eigenvalue weighted by Crippen LogP contribution is 2.38. The van der Waals surface area contributed by atoms with Crippen LogP contribution < -0.4 is 19.9 Å². The number of carbonyl (C=O) groups is 3. The smallest absolute Gasteiger partial charge is 0.344 e. The molecule has 0 aliphatic carbocycles. The maximum Gasteiger partial charge on any atom is 0.344 e. The molecule has 0 radical (unpaired) electrons. The van der Waals surface area contributed by atoms with Gasteiger partial charge in [-0.3, -0.25) is 4.79 Å². The van der Waals surface area contributed by atoms with Crippen LogP contribution in [0.3, 0.4) is 0 Å². The molecule has 2 N–H and O–H groups in total. The highest BCUT2D eigenvalue weighted by molar-refractivity contribution is 5.92. The van der Waals surface area contributed by atoms with Gasteiger partial charge in [-0.25, -0.2) is 9.59 Å². The number of ether oxygens (including phenoxy) is 5. The van der Waals surface area contributed by atoms with Crippen LogP contribution in [0.2, 0.25) is 0 Å². The van der Waals surface area contributed by atoms with E-state index in [1.165, 1.54) is 26.4 Å². The molecule has 0 heterocycles. The van der Waals surface area contributed by atoms with E-state index in [0.29, 0.717) is 0 Å². The first-order valence-corrected chi connectivity index (χ1v) is 7.32. The van der Waals surface area contributed by atoms with Crippen molar-refractivity contribution < 1.29 is 38.1 Å². The average Bonchev–Trinajstić information content (AvgIpc) is 2.56. The maximum atomic E-state index is 12.1. The van der Waals surface area contributed by atoms with Gasteiger partial charge in [0.15, 0.2) is 24.7 Å². The molecular weight excluding hydrogens is 334 g/mol. The summed E-state index contributed by atoms with van der Waals surface area (Å²) in [5.41, 5.74) is 5.11. The zero-order valence-corrected chi connectivity index (χ0v) is 14.5. The van der Waals surface area contributed by atoms with Crippen molar-refractivity contribution in [2.24, 2.45) is 5.73 Å². The van der Waals surface area contributed by atoms with Crippen LogP contribution in [0.15, 0.2) is 12.1 Å². The number of methoxy groups -OCH3 is 2. The Balaban J connectivity index is 2.94. The molecule has 9 heteroatoms. The summed E-state index contributed by atoms with van der Waals surface area (Å²) in [6.45, 7) is 2.44. The monoisotopic (exact) mass is 355 g/mol. The molecule has 1 aromatic carbocycles. The Morgan fingerprint density at radius 2 is 1.60 bits per heavy atom. The lowest BCUT2D eigenvalue weighted by molar-refractivity contribution is -0.151. The zero-order valence-electron chi connectivity index (χ0n) is 14.5. The third kappa shape index (κ3) is 6.21. The van der Waals surface area contributed by atoms with E-state index >= 15 is 0 Å². The standard InChI is InChI=1S/C16H21NO8/c1-9(2)25-14(19)8-24-16(20)10-5-11(21-3)15(12(6-10)22-4)23-7-13(17)18/h5-6,9H,7-8H2,1-4H3,(H2,17,18). The Labute approximate surface area is 144 Å². The van der Waals surface area contributed by atoms with E-state index in [9.17, 15) is 14.4 Å². The number of nitrogens with two attached hydrogens (primary N) is 1. The van der Waals surface area contributed by atoms with E-state index in [1.54, 1.807) is 13.8 Å². The van der Waals surface area contributed by atoms with E-state index in [-0.39, 0.29) is 28.9 Å². The predicted molar refractivity (Wildman–Crippen MR) is 85.7 cm³/mol. The van der Waals surface area contributed by atoms with E-state index in [0.717, 1.165) is 0 Å². The quantitative estimate of drug-likeness (QED) is 0.641. The molecule has 9 nitrogen and oxygen atoms in total. The van der Waals surface area contributed by atoms with E-state index < -0.39 is 31.1 Å². The van der Waals surface area contributed by atoms with Gasteiger partial charge in [0.25, 0.3) is 5.91 Å². The summed E-state index contributed by atoms with van der Waals surface area (Å²) in [5, 5.41) is 0. The van der Waals surface area contributed by atoms with Crippen molar-refractivity contribution in [1.29, 1.82) is 0 Å². The molecule has 0 saturated carbocycles. The summed E-state index contributed by atoms with van der Waals surface area (Å²) in [4.78, 5) is 34.4. The third-order valence-electron chi connectivity index (χ3n) is 2.74. The van der Waals surface area contributed by atoms with Crippen LogP contribution in [-0.4, -0.2) is 51.4 Å². The van der Waals surface area contributed by atoms with E-state index in [1.807, 2.05) is 0 Å². The van der Waals surface area contributed by atoms with Crippen LogP contribution >= 0.6 is 0 Å². The van der Waals surface area contributed by atoms with Gasteiger partial charge < -0.3 is 29.4 Å². The van der Waals surface area contributed by atoms with Crippen molar-refractivity contribution >= 4 is 17.8 Å². The minimum atomic E-state index is -0.779. The summed E-state index contributed by atoms with van der Waals surface area (Å²) in [6, 6.07) is 2.66. The first kappa shape index (κ1) is 20.1. The third-order valence-corrected chi connectivity index (χ3v) is 2.74. The minimum Gasteiger partial charge on any atom is -0.493 e. The van der Waals surface area contributed by atoms with Crippen LogP contribution in [0, 0.1) is 0 Å². The lowest BCUT2D eigenvalue weighted by atomic mass is 10.2. The lowest BCUT2D eigenvalue weighted by Crippen LogP contribution is -2.21. The summed E-state index contributed by atoms with van der Waals surface area (Å²) < 4.78 is 25.3. The maximum absolute atomic E-state index is 12.1. The molecule has 1 aromatic rings. The predicted octanol–water partition coefficient (Wildman–Crippen LogP) is 0.676. The van der Waals surface area contributed by atoms with Crippen molar-refractivity contribution in [3.63, 3.8) is 0 Å². The van der Waals surface area contributed by atoms with Gasteiger partial charge in [-0.1, -0.05) is 0 Å². The van der Waals surface area contributed by atoms with Crippen LogP contribution in [0.1, 0.15) is 24.2 Å². The molecule has 1 amide bonds. The number of hydrogen-bond acceptors (Lipinski definition) is 8. The van der Waals surface area contributed by atoms with Gasteiger partial charge in [0.05, 0.1) is 25.9 Å². The first-order valence-electron chi connectivity index (χ1n) is 7.32. The second kappa shape index (κ2) is 9.36. The molecule has 0 bridgehead atoms. The highest BCUT2D eigenvalue weighted by atomic mass is 16.6. The summed E-state index contributed by atoms with van der Waals surface area (Å²) in [5.74, 6) is -1.74. The number of esters is 2. The Hall–Kier alpha value is -2.97. The fourth-order valence-electron chi connectivity index (χ4n) is 1.79. The molecule has 0 spiro atoms. The number of amides is 1. The van der Waals surface area contributed by atoms with E-state index in [4.69, 9.17) is 29.4 Å². The minimum absolute atomic E-state index is 0.0671. The number of primary amides is 1. The Morgan fingerprint density at radius 1 is 1.04 bits per heavy atom. The van der Waals surface area contributed by atoms with Crippen molar-refractivity contribution in [2.75, 3.05) is 27.4 Å². The summed E-state index contributed by atoms with van der Waals surface area (Å²) in [6.07, 6.45) is -0.312. The highest BCUT2D eigenvalue weighted by Gasteiger charge is 2.20. The normalized spacial score (nSPS) is 10.1. The molecule has 0 unspecified atom stereocenters. The van der Waals surface area contributed by atoms with Crippen LogP contribution in [0.4, 0.5) is 0 Å². The van der Waals surface area contributed by atoms with Gasteiger partial charge in [0.1, 0.15) is 0 Å². The second-order valence-electron chi connectivity index (χ2n) is 5.08. The Kier molecular flexibility index (Phi) is 7.51. The number of rotatable bonds is 9. The van der Waals surface area contributed by atoms with Crippen LogP contribution in [0.5, 0.6) is 17.2 Å². The Bertz CT molecular complexity index is 616. The molecule has 0 fully saturated rings. The van der Waals surface area contributed by atoms with Gasteiger partial charge in [-0.2, -0.15) is 0 Å². The van der Waals surface area contributed by atoms with Crippen LogP contribution in [-0.2, 0) is 19.1 Å². The topological polar surface area (TPSA) is 123 Å². The van der Waals surface area contributed by atoms with Gasteiger partial charge >= 0.3 is 11.9 Å². The van der Waals surface area contributed by atoms with Gasteiger partial charge in [-0.15, -0.1) is 0 Å². The molecule has 25 heavy (non-hydrogen) atoms. The first-order chi connectivity index (χ1) is 11.8. The van der Waals surface area contributed by atoms with Crippen molar-refractivity contribution in [3.8, 4) is 17.2 Å². The summed E-state index contributed by atoms with van der Waals surface area (Å²) in [7, 11) is 2.70. The SMILES string of the molecule is COc1cc(C(=O)OCC(=O)OC(C)C)cc(OC)c1OCC(N)=O. The second-order valence-corrected chi connectivity index (χ2v) is 5.08. The van der Waals surface area contributed by atoms with Crippen LogP contribution in [0.25, 0.3) is 0 Å². The molecule has 0 atom stereocenters. The molecule has 0 aliphatic heterocycles. The molecule has 1 rings (SSSR count). The molecule has 138 valence electrons. The summed E-state index contributed by atoms with van der Waals surface area (Å²) >= 11 is 0. The van der Waals surface area contributed by atoms with Crippen molar-refractivity contribution in [3.05, 3.63) is 17.7 Å². The molecule has 0 aromatic heterocycles. The molecule has 0 saturated heterocycles. The van der Waals surface area contributed by atoms with E-state index in [2.05, 4.69) is 0 Å². The fraction of sp³-hybridized carbons (Fsp3) is 0.438. The molecule has 0 aliphatic rings. The average molecular weight is 355 g/mol. The van der Waals surface area contributed by atoms with Crippen molar-refractivity contribution in [2.45, 2.75) is 20.0 Å². The van der Waals surface area contributed by atoms with Crippen molar-refractivity contribution in [1.82, 2.24) is 0 Å². The lowest BCUT2D eigenvalue weighted by Gasteiger charge is -2.15.